The van der Waals surface area contributed by atoms with Gasteiger partial charge in [-0.15, -0.1) is 0 Å². The van der Waals surface area contributed by atoms with Crippen molar-refractivity contribution < 1.29 is 0 Å². The molecule has 4 aliphatic carbocycles. The van der Waals surface area contributed by atoms with Crippen LogP contribution in [0.5, 0.6) is 0 Å². The van der Waals surface area contributed by atoms with E-state index in [4.69, 9.17) is 5.53 Å². The molecule has 0 aromatic carbocycles. The molecular weight excluding hydrogens is 366 g/mol. The number of hydrogen-bond donors (Lipinski definition) is 0. The summed E-state index contributed by atoms with van der Waals surface area (Å²) in [5, 5.41) is 4.12. The summed E-state index contributed by atoms with van der Waals surface area (Å²) >= 11 is 0. The highest BCUT2D eigenvalue weighted by atomic mass is 15.1. The van der Waals surface area contributed by atoms with Gasteiger partial charge in [0.25, 0.3) is 0 Å². The van der Waals surface area contributed by atoms with Crippen LogP contribution in [0.1, 0.15) is 112 Å². The smallest absolute Gasteiger partial charge is 0.0377 e. The number of rotatable bonds is 6. The maximum absolute atomic E-state index is 8.91. The molecule has 4 saturated carbocycles. The van der Waals surface area contributed by atoms with Crippen LogP contribution in [0.2, 0.25) is 0 Å². The molecule has 0 N–H and O–H groups in total. The molecular formula is C27H47N3. The van der Waals surface area contributed by atoms with Crippen LogP contribution in [0, 0.1) is 52.3 Å². The average molecular weight is 414 g/mol. The van der Waals surface area contributed by atoms with E-state index in [0.717, 1.165) is 54.3 Å². The lowest BCUT2D eigenvalue weighted by Crippen LogP contribution is -2.54. The highest BCUT2D eigenvalue weighted by Gasteiger charge is 2.60. The summed E-state index contributed by atoms with van der Waals surface area (Å²) in [6.07, 6.45) is 16.6. The van der Waals surface area contributed by atoms with Crippen molar-refractivity contribution in [2.75, 3.05) is 0 Å². The lowest BCUT2D eigenvalue weighted by Gasteiger charge is -2.61. The largest absolute Gasteiger partial charge is 0.0906 e. The van der Waals surface area contributed by atoms with Gasteiger partial charge in [-0.2, -0.15) is 0 Å². The summed E-state index contributed by atoms with van der Waals surface area (Å²) in [5.41, 5.74) is 10.0. The van der Waals surface area contributed by atoms with Crippen LogP contribution in [0.15, 0.2) is 5.11 Å². The second-order valence-corrected chi connectivity index (χ2v) is 12.8. The minimum atomic E-state index is 0.265. The number of nitrogens with zero attached hydrogens (tertiary/aromatic N) is 3. The van der Waals surface area contributed by atoms with E-state index in [9.17, 15) is 0 Å². The molecule has 1 unspecified atom stereocenters. The summed E-state index contributed by atoms with van der Waals surface area (Å²) in [6.45, 7) is 12.7. The highest BCUT2D eigenvalue weighted by molar-refractivity contribution is 5.10. The van der Waals surface area contributed by atoms with E-state index >= 15 is 0 Å². The van der Waals surface area contributed by atoms with Gasteiger partial charge in [0.2, 0.25) is 0 Å². The highest BCUT2D eigenvalue weighted by Crippen LogP contribution is 2.68. The van der Waals surface area contributed by atoms with Crippen molar-refractivity contribution in [3.8, 4) is 0 Å². The molecule has 0 radical (unpaired) electrons. The molecule has 0 spiro atoms. The minimum absolute atomic E-state index is 0.265. The Labute approximate surface area is 185 Å². The first-order valence-corrected chi connectivity index (χ1v) is 13.3. The monoisotopic (exact) mass is 413 g/mol. The van der Waals surface area contributed by atoms with Crippen LogP contribution < -0.4 is 0 Å². The second-order valence-electron chi connectivity index (χ2n) is 12.8. The Morgan fingerprint density at radius 3 is 2.37 bits per heavy atom. The van der Waals surface area contributed by atoms with Crippen molar-refractivity contribution in [1.82, 2.24) is 0 Å². The number of azide groups is 1. The van der Waals surface area contributed by atoms with Gasteiger partial charge in [-0.3, -0.25) is 0 Å². The van der Waals surface area contributed by atoms with Crippen LogP contribution >= 0.6 is 0 Å². The zero-order valence-corrected chi connectivity index (χ0v) is 20.4. The molecule has 0 amide bonds. The third kappa shape index (κ3) is 3.82. The molecule has 30 heavy (non-hydrogen) atoms. The van der Waals surface area contributed by atoms with Gasteiger partial charge in [-0.25, -0.2) is 0 Å². The summed E-state index contributed by atoms with van der Waals surface area (Å²) in [7, 11) is 0. The first-order valence-electron chi connectivity index (χ1n) is 13.3. The summed E-state index contributed by atoms with van der Waals surface area (Å²) in [6, 6.07) is 0.265. The van der Waals surface area contributed by atoms with Gasteiger partial charge in [0.1, 0.15) is 0 Å². The van der Waals surface area contributed by atoms with E-state index in [-0.39, 0.29) is 6.04 Å². The minimum Gasteiger partial charge on any atom is -0.0906 e. The zero-order valence-electron chi connectivity index (χ0n) is 20.4. The van der Waals surface area contributed by atoms with E-state index in [1.54, 1.807) is 0 Å². The van der Waals surface area contributed by atoms with Gasteiger partial charge in [-0.1, -0.05) is 59.0 Å². The molecule has 0 saturated heterocycles. The van der Waals surface area contributed by atoms with E-state index < -0.39 is 0 Å². The Morgan fingerprint density at radius 2 is 1.63 bits per heavy atom. The summed E-state index contributed by atoms with van der Waals surface area (Å²) < 4.78 is 0. The third-order valence-corrected chi connectivity index (χ3v) is 11.1. The van der Waals surface area contributed by atoms with Crippen LogP contribution in [-0.4, -0.2) is 6.04 Å². The van der Waals surface area contributed by atoms with E-state index in [1.807, 2.05) is 0 Å². The molecule has 0 aromatic rings. The van der Waals surface area contributed by atoms with Gasteiger partial charge >= 0.3 is 0 Å². The Kier molecular flexibility index (Phi) is 6.51. The summed E-state index contributed by atoms with van der Waals surface area (Å²) in [4.78, 5) is 3.13. The molecule has 0 aromatic heterocycles. The zero-order chi connectivity index (χ0) is 21.5. The van der Waals surface area contributed by atoms with Crippen LogP contribution in [-0.2, 0) is 0 Å². The lowest BCUT2D eigenvalue weighted by atomic mass is 9.44. The fourth-order valence-electron chi connectivity index (χ4n) is 9.44. The molecule has 9 atom stereocenters. The predicted octanol–water partition coefficient (Wildman–Crippen LogP) is 8.79. The Balaban J connectivity index is 1.45. The van der Waals surface area contributed by atoms with Crippen molar-refractivity contribution >= 4 is 0 Å². The van der Waals surface area contributed by atoms with Crippen molar-refractivity contribution in [1.29, 1.82) is 0 Å². The van der Waals surface area contributed by atoms with Crippen molar-refractivity contribution in [2.24, 2.45) is 57.4 Å². The maximum Gasteiger partial charge on any atom is 0.0377 e. The average Bonchev–Trinajstić information content (AvgIpc) is 3.05. The molecule has 3 nitrogen and oxygen atoms in total. The van der Waals surface area contributed by atoms with Gasteiger partial charge in [0.05, 0.1) is 0 Å². The number of hydrogen-bond acceptors (Lipinski definition) is 1. The van der Waals surface area contributed by atoms with Gasteiger partial charge in [-0.05, 0) is 116 Å². The Morgan fingerprint density at radius 1 is 0.900 bits per heavy atom. The van der Waals surface area contributed by atoms with E-state index in [2.05, 4.69) is 44.6 Å². The summed E-state index contributed by atoms with van der Waals surface area (Å²) in [5.74, 6) is 6.37. The van der Waals surface area contributed by atoms with Crippen LogP contribution in [0.3, 0.4) is 0 Å². The first-order chi connectivity index (χ1) is 14.3. The molecule has 170 valence electrons. The standard InChI is InChI=1S/C27H47N3/c1-18(2)7-6-8-19(3)23-11-12-24-22-10-9-20-17-21(29-30-28)13-15-26(20,4)25(22)14-16-27(23,24)5/h18-25H,6-17H2,1-5H3/t19-,20?,21+,22+,23-,24+,25+,26+,27-/m1/s1. The van der Waals surface area contributed by atoms with E-state index in [1.165, 1.54) is 64.2 Å². The maximum atomic E-state index is 8.91. The second kappa shape index (κ2) is 8.68. The number of fused-ring (bicyclic) bond motifs is 5. The van der Waals surface area contributed by atoms with Gasteiger partial charge in [0, 0.05) is 11.0 Å². The fraction of sp³-hybridized carbons (Fsp3) is 1.00. The lowest BCUT2D eigenvalue weighted by molar-refractivity contribution is -0.116. The van der Waals surface area contributed by atoms with Gasteiger partial charge < -0.3 is 0 Å². The first kappa shape index (κ1) is 22.5. The topological polar surface area (TPSA) is 48.8 Å². The SMILES string of the molecule is CC(C)CCC[C@@H](C)[C@H]1CC[C@H]2[C@@H]3CCC4C[C@@H](N=[N+]=[N-])CC[C@]4(C)[C@H]3CC[C@]12C. The molecule has 3 heteroatoms. The van der Waals surface area contributed by atoms with Crippen LogP contribution in [0.4, 0.5) is 0 Å². The Hall–Kier alpha value is -0.690. The molecule has 4 fully saturated rings. The Bertz CT molecular complexity index is 652. The van der Waals surface area contributed by atoms with Crippen LogP contribution in [0.25, 0.3) is 10.4 Å². The van der Waals surface area contributed by atoms with Gasteiger partial charge in [0.15, 0.2) is 0 Å². The van der Waals surface area contributed by atoms with E-state index in [0.29, 0.717) is 10.8 Å². The predicted molar refractivity (Wildman–Crippen MR) is 126 cm³/mol. The normalized spacial score (nSPS) is 46.5. The quantitative estimate of drug-likeness (QED) is 0.237. The molecule has 0 heterocycles. The molecule has 4 aliphatic rings. The third-order valence-electron chi connectivity index (χ3n) is 11.1. The fourth-order valence-corrected chi connectivity index (χ4v) is 9.44. The molecule has 4 rings (SSSR count). The van der Waals surface area contributed by atoms with Crippen molar-refractivity contribution in [3.63, 3.8) is 0 Å². The van der Waals surface area contributed by atoms with Crippen molar-refractivity contribution in [3.05, 3.63) is 10.4 Å². The molecule has 0 aliphatic heterocycles. The van der Waals surface area contributed by atoms with Crippen molar-refractivity contribution in [2.45, 2.75) is 118 Å². The molecule has 0 bridgehead atoms.